The Kier molecular flexibility index (Phi) is 5.15. The van der Waals surface area contributed by atoms with Crippen molar-refractivity contribution >= 4 is 26.8 Å². The summed E-state index contributed by atoms with van der Waals surface area (Å²) in [5, 5.41) is 3.48. The van der Waals surface area contributed by atoms with Crippen LogP contribution in [0.5, 0.6) is 0 Å². The molecule has 1 aliphatic rings. The Morgan fingerprint density at radius 2 is 1.96 bits per heavy atom. The largest absolute Gasteiger partial charge is 0.359 e. The number of carbonyl (C=O) groups excluding carboxylic acids is 1. The topological polar surface area (TPSA) is 71.4 Å². The van der Waals surface area contributed by atoms with Crippen molar-refractivity contribution in [2.75, 3.05) is 20.1 Å². The molecule has 3 rings (SSSR count). The van der Waals surface area contributed by atoms with Gasteiger partial charge >= 0.3 is 0 Å². The molecule has 1 amide bonds. The van der Waals surface area contributed by atoms with Gasteiger partial charge in [0.2, 0.25) is 15.9 Å². The molecule has 1 saturated heterocycles. The second-order valence-electron chi connectivity index (χ2n) is 6.74. The van der Waals surface area contributed by atoms with Crippen molar-refractivity contribution in [2.45, 2.75) is 37.6 Å². The highest BCUT2D eigenvalue weighted by Crippen LogP contribution is 2.26. The van der Waals surface area contributed by atoms with Gasteiger partial charge in [-0.25, -0.2) is 8.42 Å². The standard InChI is InChI=1S/C18H25N3O3S/c1-14-5-11-21(12-6-14)25(23,24)16-3-4-17-15(13-16)7-9-20(17)10-8-18(22)19-2/h3-4,7,9,13-14H,5-6,8,10-12H2,1-2H3,(H,19,22). The molecule has 0 saturated carbocycles. The fraction of sp³-hybridized carbons (Fsp3) is 0.500. The van der Waals surface area contributed by atoms with E-state index in [1.807, 2.05) is 22.9 Å². The molecule has 25 heavy (non-hydrogen) atoms. The van der Waals surface area contributed by atoms with Crippen LogP contribution in [0.25, 0.3) is 10.9 Å². The van der Waals surface area contributed by atoms with E-state index in [1.54, 1.807) is 23.5 Å². The molecular weight excluding hydrogens is 338 g/mol. The zero-order valence-electron chi connectivity index (χ0n) is 14.7. The molecule has 0 atom stereocenters. The number of sulfonamides is 1. The first-order chi connectivity index (χ1) is 11.9. The lowest BCUT2D eigenvalue weighted by Crippen LogP contribution is -2.37. The van der Waals surface area contributed by atoms with Crippen LogP contribution in [0.2, 0.25) is 0 Å². The van der Waals surface area contributed by atoms with E-state index in [0.717, 1.165) is 23.7 Å². The first-order valence-electron chi connectivity index (χ1n) is 8.71. The summed E-state index contributed by atoms with van der Waals surface area (Å²) in [5.74, 6) is 0.573. The fourth-order valence-corrected chi connectivity index (χ4v) is 4.76. The van der Waals surface area contributed by atoms with Crippen LogP contribution in [-0.2, 0) is 21.4 Å². The third-order valence-electron chi connectivity index (χ3n) is 4.98. The lowest BCUT2D eigenvalue weighted by molar-refractivity contribution is -0.120. The molecule has 7 heteroatoms. The molecule has 1 aliphatic heterocycles. The number of hydrogen-bond acceptors (Lipinski definition) is 3. The second kappa shape index (κ2) is 7.17. The summed E-state index contributed by atoms with van der Waals surface area (Å²) in [6.07, 6.45) is 4.12. The summed E-state index contributed by atoms with van der Waals surface area (Å²) in [4.78, 5) is 11.8. The van der Waals surface area contributed by atoms with Crippen molar-refractivity contribution in [3.05, 3.63) is 30.5 Å². The molecule has 2 heterocycles. The Labute approximate surface area is 148 Å². The third-order valence-corrected chi connectivity index (χ3v) is 6.88. The quantitative estimate of drug-likeness (QED) is 0.885. The number of amides is 1. The molecule has 0 unspecified atom stereocenters. The van der Waals surface area contributed by atoms with Gasteiger partial charge in [0.25, 0.3) is 0 Å². The monoisotopic (exact) mass is 363 g/mol. The fourth-order valence-electron chi connectivity index (χ4n) is 3.25. The van der Waals surface area contributed by atoms with Gasteiger partial charge in [-0.15, -0.1) is 0 Å². The van der Waals surface area contributed by atoms with E-state index < -0.39 is 10.0 Å². The predicted octanol–water partition coefficient (Wildman–Crippen LogP) is 2.20. The summed E-state index contributed by atoms with van der Waals surface area (Å²) in [5.41, 5.74) is 0.940. The number of carbonyl (C=O) groups is 1. The van der Waals surface area contributed by atoms with E-state index in [0.29, 0.717) is 36.9 Å². The number of rotatable bonds is 5. The summed E-state index contributed by atoms with van der Waals surface area (Å²) in [6.45, 7) is 3.92. The van der Waals surface area contributed by atoms with Crippen LogP contribution in [0.1, 0.15) is 26.2 Å². The van der Waals surface area contributed by atoms with Gasteiger partial charge in [-0.05, 0) is 43.0 Å². The maximum absolute atomic E-state index is 12.9. The molecule has 136 valence electrons. The maximum Gasteiger partial charge on any atom is 0.243 e. The van der Waals surface area contributed by atoms with Crippen LogP contribution in [-0.4, -0.2) is 43.3 Å². The van der Waals surface area contributed by atoms with E-state index in [2.05, 4.69) is 12.2 Å². The van der Waals surface area contributed by atoms with Crippen molar-refractivity contribution in [2.24, 2.45) is 5.92 Å². The van der Waals surface area contributed by atoms with E-state index in [-0.39, 0.29) is 5.91 Å². The molecule has 2 aromatic rings. The Morgan fingerprint density at radius 1 is 1.24 bits per heavy atom. The molecule has 0 spiro atoms. The van der Waals surface area contributed by atoms with Crippen LogP contribution in [0.15, 0.2) is 35.4 Å². The van der Waals surface area contributed by atoms with Crippen LogP contribution >= 0.6 is 0 Å². The SMILES string of the molecule is CNC(=O)CCn1ccc2cc(S(=O)(=O)N3CCC(C)CC3)ccc21. The maximum atomic E-state index is 12.9. The number of fused-ring (bicyclic) bond motifs is 1. The number of nitrogens with one attached hydrogen (secondary N) is 1. The first-order valence-corrected chi connectivity index (χ1v) is 10.2. The van der Waals surface area contributed by atoms with Gasteiger partial charge < -0.3 is 9.88 Å². The molecule has 0 aliphatic carbocycles. The van der Waals surface area contributed by atoms with Gasteiger partial charge in [-0.1, -0.05) is 6.92 Å². The van der Waals surface area contributed by atoms with E-state index in [1.165, 1.54) is 0 Å². The van der Waals surface area contributed by atoms with Crippen LogP contribution in [0.4, 0.5) is 0 Å². The number of aromatic nitrogens is 1. The van der Waals surface area contributed by atoms with E-state index in [4.69, 9.17) is 0 Å². The van der Waals surface area contributed by atoms with Gasteiger partial charge in [0.15, 0.2) is 0 Å². The smallest absolute Gasteiger partial charge is 0.243 e. The third kappa shape index (κ3) is 3.72. The molecule has 1 fully saturated rings. The molecule has 1 aromatic heterocycles. The lowest BCUT2D eigenvalue weighted by atomic mass is 10.0. The summed E-state index contributed by atoms with van der Waals surface area (Å²) in [7, 11) is -1.82. The number of benzene rings is 1. The average Bonchev–Trinajstić information content (AvgIpc) is 3.02. The van der Waals surface area contributed by atoms with Crippen LogP contribution in [0, 0.1) is 5.92 Å². The minimum atomic E-state index is -3.44. The summed E-state index contributed by atoms with van der Waals surface area (Å²) in [6, 6.07) is 7.14. The first kappa shape index (κ1) is 17.9. The zero-order chi connectivity index (χ0) is 18.0. The average molecular weight is 363 g/mol. The predicted molar refractivity (Wildman–Crippen MR) is 97.8 cm³/mol. The molecule has 0 radical (unpaired) electrons. The molecule has 6 nitrogen and oxygen atoms in total. The number of hydrogen-bond donors (Lipinski definition) is 1. The summed E-state index contributed by atoms with van der Waals surface area (Å²) < 4.78 is 29.3. The zero-order valence-corrected chi connectivity index (χ0v) is 15.6. The Hall–Kier alpha value is -1.86. The van der Waals surface area contributed by atoms with Crippen LogP contribution < -0.4 is 5.32 Å². The lowest BCUT2D eigenvalue weighted by Gasteiger charge is -2.29. The highest BCUT2D eigenvalue weighted by atomic mass is 32.2. The summed E-state index contributed by atoms with van der Waals surface area (Å²) >= 11 is 0. The Morgan fingerprint density at radius 3 is 2.64 bits per heavy atom. The van der Waals surface area contributed by atoms with E-state index >= 15 is 0 Å². The minimum Gasteiger partial charge on any atom is -0.359 e. The van der Waals surface area contributed by atoms with Crippen molar-refractivity contribution in [1.82, 2.24) is 14.2 Å². The van der Waals surface area contributed by atoms with Gasteiger partial charge in [0.05, 0.1) is 4.90 Å². The molecule has 1 aromatic carbocycles. The van der Waals surface area contributed by atoms with Crippen LogP contribution in [0.3, 0.4) is 0 Å². The molecular formula is C18H25N3O3S. The Balaban J connectivity index is 1.83. The van der Waals surface area contributed by atoms with Crippen molar-refractivity contribution in [3.63, 3.8) is 0 Å². The molecule has 1 N–H and O–H groups in total. The number of piperidine rings is 1. The van der Waals surface area contributed by atoms with Gasteiger partial charge in [-0.3, -0.25) is 4.79 Å². The highest BCUT2D eigenvalue weighted by Gasteiger charge is 2.28. The van der Waals surface area contributed by atoms with E-state index in [9.17, 15) is 13.2 Å². The molecule has 0 bridgehead atoms. The van der Waals surface area contributed by atoms with Gasteiger partial charge in [0, 0.05) is 50.2 Å². The minimum absolute atomic E-state index is 0.0135. The van der Waals surface area contributed by atoms with Gasteiger partial charge in [-0.2, -0.15) is 4.31 Å². The normalized spacial score (nSPS) is 17.0. The van der Waals surface area contributed by atoms with Crippen molar-refractivity contribution < 1.29 is 13.2 Å². The Bertz CT molecular complexity index is 865. The highest BCUT2D eigenvalue weighted by molar-refractivity contribution is 7.89. The van der Waals surface area contributed by atoms with Crippen molar-refractivity contribution in [1.29, 1.82) is 0 Å². The van der Waals surface area contributed by atoms with Crippen molar-refractivity contribution in [3.8, 4) is 0 Å². The van der Waals surface area contributed by atoms with Gasteiger partial charge in [0.1, 0.15) is 0 Å². The second-order valence-corrected chi connectivity index (χ2v) is 8.68. The number of aryl methyl sites for hydroxylation is 1. The number of nitrogens with zero attached hydrogens (tertiary/aromatic N) is 2.